The molecule has 3 rings (SSSR count). The normalized spacial score (nSPS) is 9.47. The van der Waals surface area contributed by atoms with Crippen LogP contribution in [0.15, 0.2) is 43.0 Å². The van der Waals surface area contributed by atoms with Crippen molar-refractivity contribution in [3.05, 3.63) is 43.0 Å². The molecule has 98 valence electrons. The van der Waals surface area contributed by atoms with Crippen LogP contribution in [0.1, 0.15) is 0 Å². The molecule has 3 aromatic rings. The zero-order chi connectivity index (χ0) is 11.7. The largest absolute Gasteiger partial charge is 0.507 e. The number of fused-ring (bicyclic) bond motifs is 1. The van der Waals surface area contributed by atoms with Gasteiger partial charge in [0.15, 0.2) is 5.65 Å². The fourth-order valence-corrected chi connectivity index (χ4v) is 1.59. The van der Waals surface area contributed by atoms with Gasteiger partial charge < -0.3 is 5.11 Å². The van der Waals surface area contributed by atoms with Crippen LogP contribution in [0.2, 0.25) is 0 Å². The molecule has 0 aliphatic rings. The third-order valence-corrected chi connectivity index (χ3v) is 2.40. The maximum Gasteiger partial charge on any atom is 0.181 e. The summed E-state index contributed by atoms with van der Waals surface area (Å²) in [7, 11) is 0. The monoisotopic (exact) mass is 296 g/mol. The van der Waals surface area contributed by atoms with E-state index in [-0.39, 0.29) is 30.6 Å². The van der Waals surface area contributed by atoms with Crippen molar-refractivity contribution in [3.63, 3.8) is 0 Å². The van der Waals surface area contributed by atoms with E-state index in [1.54, 1.807) is 30.6 Å². The lowest BCUT2D eigenvalue weighted by atomic mass is 10.1. The zero-order valence-electron chi connectivity index (χ0n) is 9.59. The topological polar surface area (TPSA) is 71.8 Å². The summed E-state index contributed by atoms with van der Waals surface area (Å²) < 4.78 is 0. The molecular formula is C12H10Cl2N4O. The maximum atomic E-state index is 9.74. The van der Waals surface area contributed by atoms with Crippen molar-refractivity contribution in [2.24, 2.45) is 0 Å². The summed E-state index contributed by atoms with van der Waals surface area (Å²) >= 11 is 0. The van der Waals surface area contributed by atoms with Crippen LogP contribution in [0.25, 0.3) is 22.4 Å². The minimum absolute atomic E-state index is 0. The zero-order valence-corrected chi connectivity index (χ0v) is 11.2. The summed E-state index contributed by atoms with van der Waals surface area (Å²) in [6.45, 7) is 0. The minimum atomic E-state index is 0. The quantitative estimate of drug-likeness (QED) is 0.747. The predicted octanol–water partition coefficient (Wildman–Crippen LogP) is 2.64. The van der Waals surface area contributed by atoms with Crippen LogP contribution < -0.4 is 0 Å². The molecule has 0 amide bonds. The van der Waals surface area contributed by atoms with E-state index in [4.69, 9.17) is 0 Å². The van der Waals surface area contributed by atoms with Crippen molar-refractivity contribution < 1.29 is 5.11 Å². The first-order valence-electron chi connectivity index (χ1n) is 5.06. The minimum Gasteiger partial charge on any atom is -0.507 e. The Morgan fingerprint density at radius 3 is 2.53 bits per heavy atom. The Balaban J connectivity index is 0.000000902. The summed E-state index contributed by atoms with van der Waals surface area (Å²) in [4.78, 5) is 16.4. The van der Waals surface area contributed by atoms with Crippen LogP contribution in [-0.2, 0) is 0 Å². The van der Waals surface area contributed by atoms with Crippen LogP contribution in [0, 0.1) is 0 Å². The van der Waals surface area contributed by atoms with Crippen LogP contribution in [-0.4, -0.2) is 25.0 Å². The molecule has 0 unspecified atom stereocenters. The third kappa shape index (κ3) is 2.89. The number of phenolic OH excluding ortho intramolecular Hbond substituents is 1. The highest BCUT2D eigenvalue weighted by Gasteiger charge is 2.06. The van der Waals surface area contributed by atoms with Gasteiger partial charge in [-0.1, -0.05) is 12.1 Å². The molecule has 0 saturated heterocycles. The predicted molar refractivity (Wildman–Crippen MR) is 76.7 cm³/mol. The number of hydrogen-bond donors (Lipinski definition) is 1. The van der Waals surface area contributed by atoms with Gasteiger partial charge in [0, 0.05) is 5.56 Å². The van der Waals surface area contributed by atoms with Crippen molar-refractivity contribution in [1.29, 1.82) is 0 Å². The summed E-state index contributed by atoms with van der Waals surface area (Å²) in [5, 5.41) is 9.74. The Hall–Kier alpha value is -1.98. The first kappa shape index (κ1) is 15.1. The molecule has 1 aromatic carbocycles. The van der Waals surface area contributed by atoms with E-state index in [9.17, 15) is 5.11 Å². The number of aromatic nitrogens is 4. The summed E-state index contributed by atoms with van der Waals surface area (Å²) in [6, 6.07) is 6.99. The number of aromatic hydroxyl groups is 1. The van der Waals surface area contributed by atoms with Crippen molar-refractivity contribution >= 4 is 36.0 Å². The van der Waals surface area contributed by atoms with E-state index in [2.05, 4.69) is 19.9 Å². The molecule has 0 fully saturated rings. The second kappa shape index (κ2) is 6.26. The average molecular weight is 297 g/mol. The van der Waals surface area contributed by atoms with E-state index in [1.165, 1.54) is 6.33 Å². The number of rotatable bonds is 1. The highest BCUT2D eigenvalue weighted by molar-refractivity contribution is 5.85. The van der Waals surface area contributed by atoms with Crippen LogP contribution in [0.5, 0.6) is 5.75 Å². The van der Waals surface area contributed by atoms with E-state index in [1.807, 2.05) is 6.07 Å². The molecule has 0 aliphatic carbocycles. The Morgan fingerprint density at radius 2 is 1.74 bits per heavy atom. The van der Waals surface area contributed by atoms with Crippen LogP contribution >= 0.6 is 24.8 Å². The molecule has 0 bridgehead atoms. The van der Waals surface area contributed by atoms with Gasteiger partial charge in [0.05, 0.1) is 18.1 Å². The molecule has 1 N–H and O–H groups in total. The maximum absolute atomic E-state index is 9.74. The van der Waals surface area contributed by atoms with Crippen molar-refractivity contribution in [1.82, 2.24) is 19.9 Å². The molecule has 0 saturated carbocycles. The molecule has 7 heteroatoms. The molecule has 19 heavy (non-hydrogen) atoms. The number of para-hydroxylation sites is 1. The second-order valence-corrected chi connectivity index (χ2v) is 3.50. The van der Waals surface area contributed by atoms with Crippen LogP contribution in [0.3, 0.4) is 0 Å². The van der Waals surface area contributed by atoms with E-state index in [0.29, 0.717) is 22.4 Å². The van der Waals surface area contributed by atoms with Gasteiger partial charge in [-0.2, -0.15) is 0 Å². The Labute approximate surface area is 121 Å². The molecule has 5 nitrogen and oxygen atoms in total. The second-order valence-electron chi connectivity index (χ2n) is 3.50. The fourth-order valence-electron chi connectivity index (χ4n) is 1.59. The van der Waals surface area contributed by atoms with Gasteiger partial charge in [0.2, 0.25) is 0 Å². The highest BCUT2D eigenvalue weighted by Crippen LogP contribution is 2.26. The van der Waals surface area contributed by atoms with Gasteiger partial charge in [-0.15, -0.1) is 24.8 Å². The lowest BCUT2D eigenvalue weighted by Crippen LogP contribution is -1.91. The first-order valence-corrected chi connectivity index (χ1v) is 5.06. The van der Waals surface area contributed by atoms with E-state index >= 15 is 0 Å². The lowest BCUT2D eigenvalue weighted by molar-refractivity contribution is 0.477. The SMILES string of the molecule is Cl.Cl.Oc1ccccc1-c1cnc2cncnc2n1. The first-order chi connectivity index (χ1) is 8.34. The molecule has 0 atom stereocenters. The standard InChI is InChI=1S/C12H8N4O.2ClH/c17-11-4-2-1-3-8(11)9-6-14-10-5-13-7-15-12(10)16-9;;/h1-7,17H;2*1H. The summed E-state index contributed by atoms with van der Waals surface area (Å²) in [5.41, 5.74) is 2.38. The molecular weight excluding hydrogens is 287 g/mol. The summed E-state index contributed by atoms with van der Waals surface area (Å²) in [5.74, 6) is 0.176. The number of phenols is 1. The van der Waals surface area contributed by atoms with Gasteiger partial charge in [-0.25, -0.2) is 19.9 Å². The number of hydrogen-bond acceptors (Lipinski definition) is 5. The number of benzene rings is 1. The van der Waals surface area contributed by atoms with Gasteiger partial charge in [-0.3, -0.25) is 0 Å². The van der Waals surface area contributed by atoms with Crippen LogP contribution in [0.4, 0.5) is 0 Å². The Kier molecular flexibility index (Phi) is 4.97. The molecule has 0 aliphatic heterocycles. The lowest BCUT2D eigenvalue weighted by Gasteiger charge is -2.03. The molecule has 0 radical (unpaired) electrons. The van der Waals surface area contributed by atoms with Gasteiger partial charge in [0.25, 0.3) is 0 Å². The molecule has 2 heterocycles. The van der Waals surface area contributed by atoms with Gasteiger partial charge in [0.1, 0.15) is 17.6 Å². The fraction of sp³-hybridized carbons (Fsp3) is 0. The smallest absolute Gasteiger partial charge is 0.181 e. The van der Waals surface area contributed by atoms with E-state index in [0.717, 1.165) is 0 Å². The average Bonchev–Trinajstić information content (AvgIpc) is 2.39. The number of halogens is 2. The molecule has 2 aromatic heterocycles. The Morgan fingerprint density at radius 1 is 0.947 bits per heavy atom. The third-order valence-electron chi connectivity index (χ3n) is 2.40. The summed E-state index contributed by atoms with van der Waals surface area (Å²) in [6.07, 6.45) is 4.62. The van der Waals surface area contributed by atoms with E-state index < -0.39 is 0 Å². The van der Waals surface area contributed by atoms with Crippen molar-refractivity contribution in [3.8, 4) is 17.0 Å². The van der Waals surface area contributed by atoms with Crippen molar-refractivity contribution in [2.75, 3.05) is 0 Å². The van der Waals surface area contributed by atoms with Crippen molar-refractivity contribution in [2.45, 2.75) is 0 Å². The van der Waals surface area contributed by atoms with Gasteiger partial charge >= 0.3 is 0 Å². The van der Waals surface area contributed by atoms with Gasteiger partial charge in [-0.05, 0) is 12.1 Å². The Bertz CT molecular complexity index is 693. The number of nitrogens with zero attached hydrogens (tertiary/aromatic N) is 4. The highest BCUT2D eigenvalue weighted by atomic mass is 35.5. The molecule has 0 spiro atoms.